The molecule has 1 aliphatic carbocycles. The Morgan fingerprint density at radius 3 is 2.47 bits per heavy atom. The second-order valence-electron chi connectivity index (χ2n) is 5.36. The third-order valence-corrected chi connectivity index (χ3v) is 4.10. The van der Waals surface area contributed by atoms with E-state index < -0.39 is 0 Å². The lowest BCUT2D eigenvalue weighted by molar-refractivity contribution is -0.129. The molecular weight excluding hydrogens is 254 g/mol. The van der Waals surface area contributed by atoms with Gasteiger partial charge in [0.2, 0.25) is 5.91 Å². The average molecular weight is 276 g/mol. The highest BCUT2D eigenvalue weighted by atomic mass is 79.9. The molecule has 2 nitrogen and oxygen atoms in total. The molecule has 1 N–H and O–H groups in total. The molecule has 0 aromatic carbocycles. The zero-order chi connectivity index (χ0) is 11.5. The molecule has 88 valence electrons. The molecule has 1 aliphatic rings. The van der Waals surface area contributed by atoms with Gasteiger partial charge >= 0.3 is 0 Å². The van der Waals surface area contributed by atoms with Gasteiger partial charge in [0.15, 0.2) is 0 Å². The fraction of sp³-hybridized carbons (Fsp3) is 0.917. The molecule has 0 unspecified atom stereocenters. The fourth-order valence-corrected chi connectivity index (χ4v) is 2.40. The van der Waals surface area contributed by atoms with Crippen LogP contribution in [0.2, 0.25) is 0 Å². The van der Waals surface area contributed by atoms with Gasteiger partial charge in [-0.25, -0.2) is 0 Å². The first-order valence-electron chi connectivity index (χ1n) is 5.80. The summed E-state index contributed by atoms with van der Waals surface area (Å²) in [6.45, 7) is 6.94. The summed E-state index contributed by atoms with van der Waals surface area (Å²) in [5.74, 6) is 0.200. The van der Waals surface area contributed by atoms with E-state index in [0.717, 1.165) is 18.3 Å². The van der Waals surface area contributed by atoms with Gasteiger partial charge in [-0.05, 0) is 31.1 Å². The monoisotopic (exact) mass is 275 g/mol. The van der Waals surface area contributed by atoms with Crippen molar-refractivity contribution in [2.24, 2.45) is 10.8 Å². The maximum atomic E-state index is 11.9. The summed E-state index contributed by atoms with van der Waals surface area (Å²) in [6.07, 6.45) is 4.61. The van der Waals surface area contributed by atoms with Gasteiger partial charge in [0.05, 0.1) is 0 Å². The summed E-state index contributed by atoms with van der Waals surface area (Å²) >= 11 is 3.47. The van der Waals surface area contributed by atoms with Crippen LogP contribution in [0.4, 0.5) is 0 Å². The van der Waals surface area contributed by atoms with Crippen molar-refractivity contribution in [3.05, 3.63) is 0 Å². The van der Waals surface area contributed by atoms with Gasteiger partial charge in [-0.2, -0.15) is 0 Å². The average Bonchev–Trinajstić information content (AvgIpc) is 2.95. The largest absolute Gasteiger partial charge is 0.355 e. The van der Waals surface area contributed by atoms with E-state index in [9.17, 15) is 4.79 Å². The summed E-state index contributed by atoms with van der Waals surface area (Å²) < 4.78 is 0. The van der Waals surface area contributed by atoms with Crippen molar-refractivity contribution in [1.82, 2.24) is 5.32 Å². The normalized spacial score (nSPS) is 18.7. The topological polar surface area (TPSA) is 29.1 Å². The van der Waals surface area contributed by atoms with E-state index in [2.05, 4.69) is 28.2 Å². The van der Waals surface area contributed by atoms with Gasteiger partial charge in [0.25, 0.3) is 0 Å². The molecule has 0 aromatic rings. The lowest BCUT2D eigenvalue weighted by Crippen LogP contribution is -2.39. The van der Waals surface area contributed by atoms with Crippen LogP contribution in [-0.2, 0) is 4.79 Å². The molecule has 0 aromatic heterocycles. The zero-order valence-corrected chi connectivity index (χ0v) is 11.6. The Kier molecular flexibility index (Phi) is 4.21. The molecule has 0 radical (unpaired) electrons. The number of carbonyl (C=O) groups is 1. The Morgan fingerprint density at radius 1 is 1.47 bits per heavy atom. The quantitative estimate of drug-likeness (QED) is 0.742. The number of amides is 1. The first-order chi connectivity index (χ1) is 6.96. The number of hydrogen-bond donors (Lipinski definition) is 1. The van der Waals surface area contributed by atoms with E-state index >= 15 is 0 Å². The van der Waals surface area contributed by atoms with E-state index in [4.69, 9.17) is 0 Å². The first kappa shape index (κ1) is 13.0. The molecule has 15 heavy (non-hydrogen) atoms. The van der Waals surface area contributed by atoms with Crippen molar-refractivity contribution in [2.75, 3.05) is 11.9 Å². The van der Waals surface area contributed by atoms with Crippen molar-refractivity contribution in [2.45, 2.75) is 46.5 Å². The van der Waals surface area contributed by atoms with Gasteiger partial charge < -0.3 is 5.32 Å². The van der Waals surface area contributed by atoms with Crippen LogP contribution in [0.15, 0.2) is 0 Å². The van der Waals surface area contributed by atoms with Crippen molar-refractivity contribution in [1.29, 1.82) is 0 Å². The molecular formula is C12H22BrNO. The number of rotatable bonds is 6. The maximum Gasteiger partial charge on any atom is 0.225 e. The SMILES string of the molecule is CCC(C)(C)C(=O)NCC1(CCBr)CC1. The predicted octanol–water partition coefficient (Wildman–Crippen LogP) is 3.10. The summed E-state index contributed by atoms with van der Waals surface area (Å²) in [7, 11) is 0. The lowest BCUT2D eigenvalue weighted by atomic mass is 9.89. The number of hydrogen-bond acceptors (Lipinski definition) is 1. The number of halogens is 1. The highest BCUT2D eigenvalue weighted by Gasteiger charge is 2.42. The van der Waals surface area contributed by atoms with Crippen molar-refractivity contribution in [3.63, 3.8) is 0 Å². The molecule has 0 bridgehead atoms. The van der Waals surface area contributed by atoms with E-state index in [1.165, 1.54) is 19.3 Å². The third kappa shape index (κ3) is 3.47. The maximum absolute atomic E-state index is 11.9. The number of alkyl halides is 1. The van der Waals surface area contributed by atoms with Gasteiger partial charge in [0, 0.05) is 17.3 Å². The highest BCUT2D eigenvalue weighted by Crippen LogP contribution is 2.48. The van der Waals surface area contributed by atoms with Crippen LogP contribution in [0.25, 0.3) is 0 Å². The predicted molar refractivity (Wildman–Crippen MR) is 67.2 cm³/mol. The van der Waals surface area contributed by atoms with E-state index in [0.29, 0.717) is 5.41 Å². The number of nitrogens with one attached hydrogen (secondary N) is 1. The van der Waals surface area contributed by atoms with Crippen LogP contribution in [0, 0.1) is 10.8 Å². The van der Waals surface area contributed by atoms with Crippen LogP contribution in [0.5, 0.6) is 0 Å². The van der Waals surface area contributed by atoms with E-state index in [1.54, 1.807) is 0 Å². The van der Waals surface area contributed by atoms with Gasteiger partial charge in [-0.3, -0.25) is 4.79 Å². The molecule has 0 saturated heterocycles. The van der Waals surface area contributed by atoms with E-state index in [-0.39, 0.29) is 11.3 Å². The molecule has 3 heteroatoms. The van der Waals surface area contributed by atoms with Crippen molar-refractivity contribution in [3.8, 4) is 0 Å². The molecule has 0 atom stereocenters. The summed E-state index contributed by atoms with van der Waals surface area (Å²) in [5.41, 5.74) is 0.202. The Labute approximate surface area is 101 Å². The summed E-state index contributed by atoms with van der Waals surface area (Å²) in [6, 6.07) is 0. The first-order valence-corrected chi connectivity index (χ1v) is 6.92. The molecule has 1 amide bonds. The summed E-state index contributed by atoms with van der Waals surface area (Å²) in [4.78, 5) is 11.9. The molecule has 0 spiro atoms. The van der Waals surface area contributed by atoms with Crippen LogP contribution in [0.1, 0.15) is 46.5 Å². The Hall–Kier alpha value is -0.0500. The Balaban J connectivity index is 2.34. The Morgan fingerprint density at radius 2 is 2.07 bits per heavy atom. The van der Waals surface area contributed by atoms with E-state index in [1.807, 2.05) is 13.8 Å². The minimum atomic E-state index is -0.218. The second-order valence-corrected chi connectivity index (χ2v) is 6.15. The van der Waals surface area contributed by atoms with Crippen LogP contribution in [-0.4, -0.2) is 17.8 Å². The van der Waals surface area contributed by atoms with Crippen LogP contribution < -0.4 is 5.32 Å². The third-order valence-electron chi connectivity index (χ3n) is 3.70. The van der Waals surface area contributed by atoms with Crippen molar-refractivity contribution >= 4 is 21.8 Å². The van der Waals surface area contributed by atoms with Gasteiger partial charge in [-0.15, -0.1) is 0 Å². The number of carbonyl (C=O) groups excluding carboxylic acids is 1. The smallest absolute Gasteiger partial charge is 0.225 e. The molecule has 1 rings (SSSR count). The van der Waals surface area contributed by atoms with Gasteiger partial charge in [0.1, 0.15) is 0 Å². The van der Waals surface area contributed by atoms with Crippen LogP contribution in [0.3, 0.4) is 0 Å². The minimum Gasteiger partial charge on any atom is -0.355 e. The van der Waals surface area contributed by atoms with Gasteiger partial charge in [-0.1, -0.05) is 36.7 Å². The second kappa shape index (κ2) is 4.86. The molecule has 1 fully saturated rings. The standard InChI is InChI=1S/C12H22BrNO/c1-4-11(2,3)10(15)14-9-12(5-6-12)7-8-13/h4-9H2,1-3H3,(H,14,15). The highest BCUT2D eigenvalue weighted by molar-refractivity contribution is 9.09. The van der Waals surface area contributed by atoms with Crippen LogP contribution >= 0.6 is 15.9 Å². The van der Waals surface area contributed by atoms with Crippen molar-refractivity contribution < 1.29 is 4.79 Å². The zero-order valence-electron chi connectivity index (χ0n) is 10.0. The fourth-order valence-electron chi connectivity index (χ4n) is 1.56. The molecule has 0 aliphatic heterocycles. The molecule has 0 heterocycles. The molecule has 1 saturated carbocycles. The Bertz CT molecular complexity index is 234. The lowest BCUT2D eigenvalue weighted by Gasteiger charge is -2.23. The minimum absolute atomic E-state index is 0.200. The summed E-state index contributed by atoms with van der Waals surface area (Å²) in [5, 5.41) is 4.14.